The minimum atomic E-state index is -0.119. The summed E-state index contributed by atoms with van der Waals surface area (Å²) in [5.74, 6) is 0.182. The lowest BCUT2D eigenvalue weighted by Gasteiger charge is -2.25. The highest BCUT2D eigenvalue weighted by molar-refractivity contribution is 5.85. The molecule has 0 heterocycles. The van der Waals surface area contributed by atoms with Crippen LogP contribution in [0.15, 0.2) is 0 Å². The van der Waals surface area contributed by atoms with Gasteiger partial charge in [0, 0.05) is 0 Å². The van der Waals surface area contributed by atoms with Crippen LogP contribution in [0.5, 0.6) is 0 Å². The highest BCUT2D eigenvalue weighted by atomic mass is 35.5. The van der Waals surface area contributed by atoms with Gasteiger partial charge in [0.15, 0.2) is 0 Å². The molecule has 0 aliphatic carbocycles. The fourth-order valence-electron chi connectivity index (χ4n) is 1.37. The van der Waals surface area contributed by atoms with Gasteiger partial charge in [0.25, 0.3) is 0 Å². The lowest BCUT2D eigenvalue weighted by molar-refractivity contribution is -0.150. The van der Waals surface area contributed by atoms with Gasteiger partial charge in [0.05, 0.1) is 6.61 Å². The summed E-state index contributed by atoms with van der Waals surface area (Å²) in [7, 11) is 3.80. The van der Waals surface area contributed by atoms with Crippen LogP contribution >= 0.6 is 12.4 Å². The zero-order valence-corrected chi connectivity index (χ0v) is 10.6. The quantitative estimate of drug-likeness (QED) is 0.668. The Morgan fingerprint density at radius 2 is 1.86 bits per heavy atom. The van der Waals surface area contributed by atoms with E-state index in [4.69, 9.17) is 4.74 Å². The molecule has 1 unspecified atom stereocenters. The number of esters is 1. The topological polar surface area (TPSA) is 29.5 Å². The standard InChI is InChI=1S/C10H21NO2.ClH/c1-6-7-13-10(12)9(8(2)3)11(4)5;/h8-9H,6-7H2,1-5H3;1H. The van der Waals surface area contributed by atoms with E-state index in [2.05, 4.69) is 0 Å². The fraction of sp³-hybridized carbons (Fsp3) is 0.900. The summed E-state index contributed by atoms with van der Waals surface area (Å²) in [6.07, 6.45) is 0.879. The van der Waals surface area contributed by atoms with Crippen molar-refractivity contribution in [2.75, 3.05) is 20.7 Å². The van der Waals surface area contributed by atoms with E-state index >= 15 is 0 Å². The number of carbonyl (C=O) groups excluding carboxylic acids is 1. The summed E-state index contributed by atoms with van der Waals surface area (Å²) >= 11 is 0. The first-order valence-electron chi connectivity index (χ1n) is 4.83. The van der Waals surface area contributed by atoms with Crippen molar-refractivity contribution < 1.29 is 9.53 Å². The normalized spacial score (nSPS) is 12.5. The van der Waals surface area contributed by atoms with Crippen LogP contribution in [0.3, 0.4) is 0 Å². The van der Waals surface area contributed by atoms with Gasteiger partial charge < -0.3 is 4.74 Å². The average Bonchev–Trinajstić information content (AvgIpc) is 1.99. The van der Waals surface area contributed by atoms with Crippen molar-refractivity contribution in [3.05, 3.63) is 0 Å². The van der Waals surface area contributed by atoms with E-state index < -0.39 is 0 Å². The van der Waals surface area contributed by atoms with Crippen molar-refractivity contribution in [2.45, 2.75) is 33.2 Å². The Bertz CT molecular complexity index is 152. The molecule has 0 fully saturated rings. The number of hydrogen-bond acceptors (Lipinski definition) is 3. The van der Waals surface area contributed by atoms with E-state index in [1.807, 2.05) is 39.8 Å². The number of nitrogens with zero attached hydrogens (tertiary/aromatic N) is 1. The predicted octanol–water partition coefficient (Wildman–Crippen LogP) is 1.95. The molecule has 0 aliphatic rings. The van der Waals surface area contributed by atoms with Crippen molar-refractivity contribution in [1.82, 2.24) is 4.90 Å². The highest BCUT2D eigenvalue weighted by Crippen LogP contribution is 2.09. The van der Waals surface area contributed by atoms with E-state index in [-0.39, 0.29) is 24.4 Å². The van der Waals surface area contributed by atoms with Crippen molar-refractivity contribution >= 4 is 18.4 Å². The van der Waals surface area contributed by atoms with Gasteiger partial charge >= 0.3 is 5.97 Å². The first-order valence-corrected chi connectivity index (χ1v) is 4.83. The molecular weight excluding hydrogens is 202 g/mol. The third-order valence-electron chi connectivity index (χ3n) is 1.88. The molecule has 3 nitrogen and oxygen atoms in total. The van der Waals surface area contributed by atoms with Gasteiger partial charge in [-0.3, -0.25) is 9.69 Å². The van der Waals surface area contributed by atoms with Gasteiger partial charge in [-0.15, -0.1) is 12.4 Å². The van der Waals surface area contributed by atoms with E-state index in [9.17, 15) is 4.79 Å². The second kappa shape index (κ2) is 8.06. The molecule has 0 saturated carbocycles. The third-order valence-corrected chi connectivity index (χ3v) is 1.88. The van der Waals surface area contributed by atoms with Crippen molar-refractivity contribution in [3.8, 4) is 0 Å². The predicted molar refractivity (Wildman–Crippen MR) is 60.8 cm³/mol. The molecule has 0 N–H and O–H groups in total. The zero-order chi connectivity index (χ0) is 10.4. The SMILES string of the molecule is CCCOC(=O)C(C(C)C)N(C)C.Cl. The molecule has 0 radical (unpaired) electrons. The molecule has 0 aromatic rings. The monoisotopic (exact) mass is 223 g/mol. The lowest BCUT2D eigenvalue weighted by Crippen LogP contribution is -2.41. The molecule has 0 aromatic heterocycles. The summed E-state index contributed by atoms with van der Waals surface area (Å²) in [6, 6.07) is -0.119. The Kier molecular flexibility index (Phi) is 9.31. The Labute approximate surface area is 93.2 Å². The van der Waals surface area contributed by atoms with Gasteiger partial charge in [0.1, 0.15) is 6.04 Å². The maximum atomic E-state index is 11.5. The number of rotatable bonds is 5. The minimum absolute atomic E-state index is 0. The van der Waals surface area contributed by atoms with Gasteiger partial charge in [0.2, 0.25) is 0 Å². The van der Waals surface area contributed by atoms with Crippen LogP contribution in [0, 0.1) is 5.92 Å². The maximum Gasteiger partial charge on any atom is 0.323 e. The van der Waals surface area contributed by atoms with E-state index in [1.54, 1.807) is 0 Å². The number of ether oxygens (including phenoxy) is 1. The van der Waals surface area contributed by atoms with Crippen molar-refractivity contribution in [2.24, 2.45) is 5.92 Å². The summed E-state index contributed by atoms with van der Waals surface area (Å²) in [6.45, 7) is 6.57. The molecule has 0 saturated heterocycles. The molecular formula is C10H22ClNO2. The molecule has 0 amide bonds. The summed E-state index contributed by atoms with van der Waals surface area (Å²) in [5, 5.41) is 0. The molecule has 86 valence electrons. The minimum Gasteiger partial charge on any atom is -0.465 e. The molecule has 4 heteroatoms. The molecule has 0 rings (SSSR count). The van der Waals surface area contributed by atoms with E-state index in [1.165, 1.54) is 0 Å². The van der Waals surface area contributed by atoms with Gasteiger partial charge in [-0.1, -0.05) is 20.8 Å². The molecule has 0 aliphatic heterocycles. The van der Waals surface area contributed by atoms with Crippen LogP contribution in [-0.2, 0) is 9.53 Å². The Morgan fingerprint density at radius 3 is 2.14 bits per heavy atom. The molecule has 0 bridgehead atoms. The smallest absolute Gasteiger partial charge is 0.323 e. The fourth-order valence-corrected chi connectivity index (χ4v) is 1.37. The summed E-state index contributed by atoms with van der Waals surface area (Å²) in [5.41, 5.74) is 0. The summed E-state index contributed by atoms with van der Waals surface area (Å²) < 4.78 is 5.10. The first kappa shape index (κ1) is 16.2. The van der Waals surface area contributed by atoms with Crippen LogP contribution in [0.2, 0.25) is 0 Å². The Morgan fingerprint density at radius 1 is 1.36 bits per heavy atom. The molecule has 0 aromatic carbocycles. The molecule has 0 spiro atoms. The zero-order valence-electron chi connectivity index (χ0n) is 9.74. The van der Waals surface area contributed by atoms with Crippen LogP contribution in [0.4, 0.5) is 0 Å². The first-order chi connectivity index (χ1) is 6.00. The third kappa shape index (κ3) is 5.45. The second-order valence-corrected chi connectivity index (χ2v) is 3.82. The highest BCUT2D eigenvalue weighted by Gasteiger charge is 2.25. The number of halogens is 1. The van der Waals surface area contributed by atoms with Gasteiger partial charge in [-0.25, -0.2) is 0 Å². The van der Waals surface area contributed by atoms with Crippen LogP contribution in [0.1, 0.15) is 27.2 Å². The maximum absolute atomic E-state index is 11.5. The van der Waals surface area contributed by atoms with Gasteiger partial charge in [-0.05, 0) is 26.4 Å². The number of hydrogen-bond donors (Lipinski definition) is 0. The van der Waals surface area contributed by atoms with Crippen LogP contribution < -0.4 is 0 Å². The lowest BCUT2D eigenvalue weighted by atomic mass is 10.0. The number of carbonyl (C=O) groups is 1. The van der Waals surface area contributed by atoms with E-state index in [0.717, 1.165) is 6.42 Å². The largest absolute Gasteiger partial charge is 0.465 e. The van der Waals surface area contributed by atoms with Crippen LogP contribution in [-0.4, -0.2) is 37.6 Å². The molecule has 1 atom stereocenters. The number of likely N-dealkylation sites (N-methyl/N-ethyl adjacent to an activating group) is 1. The Balaban J connectivity index is 0. The van der Waals surface area contributed by atoms with Gasteiger partial charge in [-0.2, -0.15) is 0 Å². The van der Waals surface area contributed by atoms with E-state index in [0.29, 0.717) is 12.5 Å². The van der Waals surface area contributed by atoms with Crippen LogP contribution in [0.25, 0.3) is 0 Å². The average molecular weight is 224 g/mol. The molecule has 14 heavy (non-hydrogen) atoms. The van der Waals surface area contributed by atoms with Crippen molar-refractivity contribution in [3.63, 3.8) is 0 Å². The van der Waals surface area contributed by atoms with Crippen molar-refractivity contribution in [1.29, 1.82) is 0 Å². The second-order valence-electron chi connectivity index (χ2n) is 3.82. The Hall–Kier alpha value is -0.280. The summed E-state index contributed by atoms with van der Waals surface area (Å²) in [4.78, 5) is 13.4.